The van der Waals surface area contributed by atoms with E-state index < -0.39 is 12.1 Å². The van der Waals surface area contributed by atoms with Gasteiger partial charge in [-0.15, -0.1) is 0 Å². The number of hydrogen-bond acceptors (Lipinski definition) is 7. The molecule has 0 spiro atoms. The van der Waals surface area contributed by atoms with Crippen molar-refractivity contribution in [3.8, 4) is 11.3 Å². The largest absolute Gasteiger partial charge is 0.472 e. The summed E-state index contributed by atoms with van der Waals surface area (Å²) in [6, 6.07) is 13.6. The third-order valence-electron chi connectivity index (χ3n) is 11.6. The number of nitrogens with zero attached hydrogens (tertiary/aromatic N) is 6. The predicted octanol–water partition coefficient (Wildman–Crippen LogP) is 7.16. The Morgan fingerprint density at radius 2 is 1.82 bits per heavy atom. The lowest BCUT2D eigenvalue weighted by atomic mass is 9.93. The van der Waals surface area contributed by atoms with E-state index in [2.05, 4.69) is 56.8 Å². The molecule has 1 aliphatic carbocycles. The number of nitrogens with one attached hydrogen (secondary N) is 2. The number of nitrogens with two attached hydrogens (primary N) is 1. The van der Waals surface area contributed by atoms with Crippen LogP contribution in [0.4, 0.5) is 4.39 Å². The molecular formula is C44H52FN9O3. The number of H-pyrrole nitrogens is 2. The summed E-state index contributed by atoms with van der Waals surface area (Å²) in [5.74, 6) is 2.05. The molecule has 8 rings (SSSR count). The van der Waals surface area contributed by atoms with Crippen molar-refractivity contribution in [2.75, 3.05) is 27.2 Å². The number of aromatic nitrogens is 5. The van der Waals surface area contributed by atoms with Gasteiger partial charge in [-0.1, -0.05) is 39.0 Å². The van der Waals surface area contributed by atoms with Crippen LogP contribution in [0, 0.1) is 11.7 Å². The van der Waals surface area contributed by atoms with Gasteiger partial charge in [0.15, 0.2) is 6.73 Å². The number of allylic oxidation sites excluding steroid dienone is 3. The van der Waals surface area contributed by atoms with Crippen molar-refractivity contribution in [1.82, 2.24) is 39.2 Å². The summed E-state index contributed by atoms with van der Waals surface area (Å²) >= 11 is 0. The van der Waals surface area contributed by atoms with Crippen molar-refractivity contribution in [2.24, 2.45) is 11.7 Å². The topological polar surface area (TPSA) is 141 Å². The van der Waals surface area contributed by atoms with Gasteiger partial charge in [-0.05, 0) is 99.7 Å². The Hall–Kier alpha value is -5.53. The van der Waals surface area contributed by atoms with Crippen molar-refractivity contribution in [1.29, 1.82) is 0 Å². The van der Waals surface area contributed by atoms with E-state index in [4.69, 9.17) is 15.5 Å². The molecule has 1 fully saturated rings. The molecule has 4 N–H and O–H groups in total. The third-order valence-corrected chi connectivity index (χ3v) is 11.6. The van der Waals surface area contributed by atoms with Crippen LogP contribution in [-0.2, 0) is 27.6 Å². The van der Waals surface area contributed by atoms with Crippen LogP contribution in [0.5, 0.6) is 0 Å². The van der Waals surface area contributed by atoms with Crippen LogP contribution in [0.1, 0.15) is 93.6 Å². The highest BCUT2D eigenvalue weighted by molar-refractivity contribution is 5.91. The van der Waals surface area contributed by atoms with E-state index >= 15 is 0 Å². The number of imidazole rings is 2. The summed E-state index contributed by atoms with van der Waals surface area (Å²) in [4.78, 5) is 49.1. The molecule has 2 aliphatic heterocycles. The molecule has 0 bridgehead atoms. The zero-order valence-electron chi connectivity index (χ0n) is 33.4. The maximum atomic E-state index is 14.0. The number of fused-ring (bicyclic) bond motifs is 4. The number of likely N-dealkylation sites (tertiary alicyclic amines) is 1. The smallest absolute Gasteiger partial charge is 0.245 e. The fraction of sp³-hybridized carbons (Fsp3) is 0.409. The maximum Gasteiger partial charge on any atom is 0.245 e. The number of carbonyl (C=O) groups excluding carboxylic acids is 2. The highest BCUT2D eigenvalue weighted by Crippen LogP contribution is 2.41. The number of hydrogen-bond donors (Lipinski definition) is 3. The van der Waals surface area contributed by atoms with Crippen LogP contribution in [0.15, 0.2) is 72.8 Å². The molecule has 3 atom stereocenters. The van der Waals surface area contributed by atoms with Crippen molar-refractivity contribution in [3.63, 3.8) is 0 Å². The number of ether oxygens (including phenoxy) is 1. The second-order valence-electron chi connectivity index (χ2n) is 16.1. The maximum absolute atomic E-state index is 14.0. The normalized spacial score (nSPS) is 17.8. The minimum atomic E-state index is -0.536. The summed E-state index contributed by atoms with van der Waals surface area (Å²) in [6.45, 7) is 8.05. The molecule has 298 valence electrons. The first-order chi connectivity index (χ1) is 27.5. The van der Waals surface area contributed by atoms with E-state index in [1.807, 2.05) is 50.1 Å². The molecule has 3 aliphatic rings. The van der Waals surface area contributed by atoms with Gasteiger partial charge < -0.3 is 34.8 Å². The van der Waals surface area contributed by atoms with Gasteiger partial charge in [-0.2, -0.15) is 0 Å². The molecule has 5 heterocycles. The predicted molar refractivity (Wildman–Crippen MR) is 218 cm³/mol. The summed E-state index contributed by atoms with van der Waals surface area (Å²) < 4.78 is 22.3. The Labute approximate surface area is 332 Å². The molecule has 2 aromatic carbocycles. The molecule has 57 heavy (non-hydrogen) atoms. The average molecular weight is 774 g/mol. The van der Waals surface area contributed by atoms with E-state index in [0.717, 1.165) is 94.2 Å². The van der Waals surface area contributed by atoms with Gasteiger partial charge in [-0.3, -0.25) is 14.5 Å². The minimum absolute atomic E-state index is 0.0164. The number of benzene rings is 2. The van der Waals surface area contributed by atoms with E-state index in [0.29, 0.717) is 26.4 Å². The fourth-order valence-electron chi connectivity index (χ4n) is 8.51. The molecule has 3 unspecified atom stereocenters. The van der Waals surface area contributed by atoms with E-state index in [-0.39, 0.29) is 29.6 Å². The Balaban J connectivity index is 0.995. The van der Waals surface area contributed by atoms with Crippen molar-refractivity contribution in [2.45, 2.75) is 84.3 Å². The van der Waals surface area contributed by atoms with Crippen molar-refractivity contribution in [3.05, 3.63) is 107 Å². The van der Waals surface area contributed by atoms with Gasteiger partial charge in [0.1, 0.15) is 29.3 Å². The van der Waals surface area contributed by atoms with Gasteiger partial charge in [0.25, 0.3) is 0 Å². The summed E-state index contributed by atoms with van der Waals surface area (Å²) in [5.41, 5.74) is 14.4. The van der Waals surface area contributed by atoms with E-state index in [1.54, 1.807) is 17.0 Å². The van der Waals surface area contributed by atoms with Gasteiger partial charge >= 0.3 is 0 Å². The number of rotatable bonds is 12. The Morgan fingerprint density at radius 1 is 1.04 bits per heavy atom. The van der Waals surface area contributed by atoms with E-state index in [1.165, 1.54) is 17.7 Å². The lowest BCUT2D eigenvalue weighted by molar-refractivity contribution is -0.137. The van der Waals surface area contributed by atoms with Gasteiger partial charge in [0.05, 0.1) is 53.6 Å². The molecule has 1 saturated heterocycles. The Bertz CT molecular complexity index is 2350. The fourth-order valence-corrected chi connectivity index (χ4v) is 8.51. The number of likely N-dealkylation sites (N-methyl/N-ethyl adjacent to an activating group) is 1. The third kappa shape index (κ3) is 7.41. The molecule has 0 radical (unpaired) electrons. The van der Waals surface area contributed by atoms with Gasteiger partial charge in [0.2, 0.25) is 11.8 Å². The first-order valence-corrected chi connectivity index (χ1v) is 20.1. The molecule has 5 aromatic rings. The second-order valence-corrected chi connectivity index (χ2v) is 16.1. The number of amides is 2. The van der Waals surface area contributed by atoms with Crippen LogP contribution in [0.2, 0.25) is 0 Å². The summed E-state index contributed by atoms with van der Waals surface area (Å²) in [7, 11) is 3.75. The molecule has 2 amide bonds. The number of carbonyl (C=O) groups is 2. The molecule has 0 saturated carbocycles. The number of halogens is 1. The molecule has 3 aromatic heterocycles. The first kappa shape index (κ1) is 38.3. The van der Waals surface area contributed by atoms with Gasteiger partial charge in [-0.25, -0.2) is 14.4 Å². The summed E-state index contributed by atoms with van der Waals surface area (Å²) in [6.07, 6.45) is 10.0. The van der Waals surface area contributed by atoms with Crippen molar-refractivity contribution >= 4 is 33.9 Å². The first-order valence-electron chi connectivity index (χ1n) is 20.1. The molecule has 13 heteroatoms. The Morgan fingerprint density at radius 3 is 2.58 bits per heavy atom. The SMILES string of the molecule is CCCN(Cc1ncc(C2=CC3=C(CC2)c2cc4cc(-c5cnc(C6CCCN6C(=O)C(c6ccc(F)cc6)N(C)C)[nH]5)ccc4n2CO3)[nH]1)C(=O)C(N)C(C)C. The van der Waals surface area contributed by atoms with Crippen LogP contribution in [0.25, 0.3) is 33.3 Å². The van der Waals surface area contributed by atoms with Crippen LogP contribution >= 0.6 is 0 Å². The van der Waals surface area contributed by atoms with Crippen LogP contribution < -0.4 is 5.73 Å². The van der Waals surface area contributed by atoms with Crippen LogP contribution in [0.3, 0.4) is 0 Å². The lowest BCUT2D eigenvalue weighted by Crippen LogP contribution is -2.46. The summed E-state index contributed by atoms with van der Waals surface area (Å²) in [5, 5.41) is 1.11. The molecular weight excluding hydrogens is 722 g/mol. The average Bonchev–Trinajstić information content (AvgIpc) is 4.03. The van der Waals surface area contributed by atoms with Crippen molar-refractivity contribution < 1.29 is 18.7 Å². The zero-order valence-corrected chi connectivity index (χ0v) is 33.4. The second kappa shape index (κ2) is 15.8. The lowest BCUT2D eigenvalue weighted by Gasteiger charge is -2.31. The molecule has 12 nitrogen and oxygen atoms in total. The highest BCUT2D eigenvalue weighted by atomic mass is 19.1. The zero-order chi connectivity index (χ0) is 40.0. The monoisotopic (exact) mass is 773 g/mol. The van der Waals surface area contributed by atoms with Gasteiger partial charge in [0, 0.05) is 29.6 Å². The minimum Gasteiger partial charge on any atom is -0.472 e. The Kier molecular flexibility index (Phi) is 10.6. The quantitative estimate of drug-likeness (QED) is 0.122. The highest BCUT2D eigenvalue weighted by Gasteiger charge is 2.37. The van der Waals surface area contributed by atoms with Crippen LogP contribution in [-0.4, -0.2) is 84.2 Å². The standard InChI is InChI=1S/C44H52FN9O3/c1-6-17-52(43(55)40(46)26(2)3)24-39-47-22-33(49-39)29-11-15-32-37-20-30-19-28(12-16-35(30)54(37)25-57-38(32)21-29)34-23-48-42(50-34)36-8-7-18-53(36)44(56)41(51(4)5)27-9-13-31(45)14-10-27/h9-10,12-14,16,19-23,26,36,40-41H,6-8,11,15,17-18,24-25,46H2,1-5H3,(H,47,49)(H,48,50). The number of aromatic amines is 2. The van der Waals surface area contributed by atoms with E-state index in [9.17, 15) is 14.0 Å².